The second kappa shape index (κ2) is 10.4. The van der Waals surface area contributed by atoms with Gasteiger partial charge in [-0.2, -0.15) is 0 Å². The number of hydrogen-bond donors (Lipinski definition) is 0. The fourth-order valence-electron chi connectivity index (χ4n) is 3.97. The maximum absolute atomic E-state index is 13.3. The highest BCUT2D eigenvalue weighted by Gasteiger charge is 2.27. The summed E-state index contributed by atoms with van der Waals surface area (Å²) in [6.07, 6.45) is 1.90. The highest BCUT2D eigenvalue weighted by Crippen LogP contribution is 2.37. The van der Waals surface area contributed by atoms with E-state index in [4.69, 9.17) is 14.5 Å². The number of rotatable bonds is 9. The summed E-state index contributed by atoms with van der Waals surface area (Å²) >= 11 is 1.42. The Morgan fingerprint density at radius 1 is 1.26 bits per heavy atom. The summed E-state index contributed by atoms with van der Waals surface area (Å²) < 4.78 is 50.4. The van der Waals surface area contributed by atoms with Crippen molar-refractivity contribution in [1.29, 1.82) is 0 Å². The first-order chi connectivity index (χ1) is 16.3. The molecule has 1 aliphatic rings. The molecule has 7 nitrogen and oxygen atoms in total. The van der Waals surface area contributed by atoms with Gasteiger partial charge < -0.3 is 9.47 Å². The molecule has 2 heterocycles. The van der Waals surface area contributed by atoms with Crippen LogP contribution >= 0.6 is 11.3 Å². The molecule has 1 fully saturated rings. The second-order valence-electron chi connectivity index (χ2n) is 8.27. The van der Waals surface area contributed by atoms with Crippen molar-refractivity contribution in [3.63, 3.8) is 0 Å². The highest BCUT2D eigenvalue weighted by atomic mass is 32.2. The second-order valence-corrected chi connectivity index (χ2v) is 11.4. The first-order valence-electron chi connectivity index (χ1n) is 11.1. The SMILES string of the molecule is COc1ccc(C)c2sc(N(CC3CCCO3)C(=O)CCCS(=O)(=O)c3ccc(F)cc3)nc12. The molecule has 1 aromatic heterocycles. The number of hydrogen-bond acceptors (Lipinski definition) is 7. The topological polar surface area (TPSA) is 85.8 Å². The van der Waals surface area contributed by atoms with Crippen molar-refractivity contribution >= 4 is 42.4 Å². The molecule has 0 bridgehead atoms. The molecule has 1 amide bonds. The van der Waals surface area contributed by atoms with Crippen molar-refractivity contribution in [2.45, 2.75) is 43.6 Å². The van der Waals surface area contributed by atoms with E-state index in [-0.39, 0.29) is 35.5 Å². The van der Waals surface area contributed by atoms with E-state index in [0.29, 0.717) is 29.5 Å². The Morgan fingerprint density at radius 3 is 2.71 bits per heavy atom. The average Bonchev–Trinajstić information content (AvgIpc) is 3.48. The molecular weight excluding hydrogens is 479 g/mol. The van der Waals surface area contributed by atoms with E-state index in [2.05, 4.69) is 0 Å². The van der Waals surface area contributed by atoms with Gasteiger partial charge in [-0.1, -0.05) is 17.4 Å². The molecule has 0 N–H and O–H groups in total. The number of aryl methyl sites for hydroxylation is 1. The number of ether oxygens (including phenoxy) is 2. The van der Waals surface area contributed by atoms with Gasteiger partial charge in [0.05, 0.1) is 35.1 Å². The molecule has 34 heavy (non-hydrogen) atoms. The van der Waals surface area contributed by atoms with Crippen LogP contribution in [0.2, 0.25) is 0 Å². The van der Waals surface area contributed by atoms with Crippen molar-refractivity contribution in [2.75, 3.05) is 30.9 Å². The summed E-state index contributed by atoms with van der Waals surface area (Å²) in [7, 11) is -2.03. The van der Waals surface area contributed by atoms with Gasteiger partial charge >= 0.3 is 0 Å². The van der Waals surface area contributed by atoms with Gasteiger partial charge in [0.1, 0.15) is 17.1 Å². The number of thiazole rings is 1. The number of carbonyl (C=O) groups excluding carboxylic acids is 1. The van der Waals surface area contributed by atoms with E-state index in [1.807, 2.05) is 19.1 Å². The van der Waals surface area contributed by atoms with Crippen LogP contribution in [0.25, 0.3) is 10.2 Å². The summed E-state index contributed by atoms with van der Waals surface area (Å²) in [5, 5.41) is 0.546. The monoisotopic (exact) mass is 506 g/mol. The van der Waals surface area contributed by atoms with Crippen LogP contribution in [0.1, 0.15) is 31.2 Å². The molecule has 1 unspecified atom stereocenters. The molecule has 10 heteroatoms. The number of anilines is 1. The summed E-state index contributed by atoms with van der Waals surface area (Å²) in [6, 6.07) is 8.53. The Balaban J connectivity index is 1.53. The Morgan fingerprint density at radius 2 is 2.03 bits per heavy atom. The van der Waals surface area contributed by atoms with Crippen LogP contribution in [-0.2, 0) is 19.4 Å². The molecule has 182 valence electrons. The summed E-state index contributed by atoms with van der Waals surface area (Å²) in [4.78, 5) is 19.6. The maximum atomic E-state index is 13.3. The van der Waals surface area contributed by atoms with Crippen molar-refractivity contribution < 1.29 is 27.1 Å². The van der Waals surface area contributed by atoms with E-state index in [1.165, 1.54) is 23.5 Å². The van der Waals surface area contributed by atoms with Crippen LogP contribution in [0.3, 0.4) is 0 Å². The van der Waals surface area contributed by atoms with Crippen LogP contribution < -0.4 is 9.64 Å². The molecule has 3 aromatic rings. The fourth-order valence-corrected chi connectivity index (χ4v) is 6.35. The van der Waals surface area contributed by atoms with Crippen molar-refractivity contribution in [3.8, 4) is 5.75 Å². The van der Waals surface area contributed by atoms with Gasteiger partial charge in [0.15, 0.2) is 15.0 Å². The van der Waals surface area contributed by atoms with Crippen LogP contribution in [0, 0.1) is 12.7 Å². The molecule has 0 saturated carbocycles. The van der Waals surface area contributed by atoms with Crippen LogP contribution in [-0.4, -0.2) is 51.4 Å². The minimum absolute atomic E-state index is 0.0409. The third kappa shape index (κ3) is 5.39. The lowest BCUT2D eigenvalue weighted by Crippen LogP contribution is -2.37. The van der Waals surface area contributed by atoms with Crippen LogP contribution in [0.4, 0.5) is 9.52 Å². The van der Waals surface area contributed by atoms with E-state index in [0.717, 1.165) is 35.2 Å². The Labute approximate surface area is 202 Å². The Kier molecular flexibility index (Phi) is 7.49. The molecule has 0 radical (unpaired) electrons. The van der Waals surface area contributed by atoms with Gasteiger partial charge in [0, 0.05) is 13.0 Å². The van der Waals surface area contributed by atoms with Gasteiger partial charge in [-0.05, 0) is 62.1 Å². The first kappa shape index (κ1) is 24.6. The third-order valence-electron chi connectivity index (χ3n) is 5.83. The van der Waals surface area contributed by atoms with E-state index in [1.54, 1.807) is 12.0 Å². The number of nitrogens with zero attached hydrogens (tertiary/aromatic N) is 2. The van der Waals surface area contributed by atoms with E-state index >= 15 is 0 Å². The lowest BCUT2D eigenvalue weighted by molar-refractivity contribution is -0.119. The standard InChI is InChI=1S/C24H27FN2O5S2/c1-16-7-12-20(31-2)22-23(16)33-24(26-22)27(15-18-5-3-13-32-18)21(28)6-4-14-34(29,30)19-10-8-17(25)9-11-19/h7-12,18H,3-6,13-15H2,1-2H3. The number of amides is 1. The Bertz CT molecular complexity index is 1270. The predicted molar refractivity (Wildman–Crippen MR) is 130 cm³/mol. The molecule has 1 saturated heterocycles. The summed E-state index contributed by atoms with van der Waals surface area (Å²) in [5.41, 5.74) is 1.74. The van der Waals surface area contributed by atoms with E-state index in [9.17, 15) is 17.6 Å². The van der Waals surface area contributed by atoms with Crippen molar-refractivity contribution in [3.05, 3.63) is 47.8 Å². The van der Waals surface area contributed by atoms with Crippen LogP contribution in [0.5, 0.6) is 5.75 Å². The number of benzene rings is 2. The maximum Gasteiger partial charge on any atom is 0.228 e. The predicted octanol–water partition coefficient (Wildman–Crippen LogP) is 4.52. The summed E-state index contributed by atoms with van der Waals surface area (Å²) in [5.74, 6) is -0.273. The minimum Gasteiger partial charge on any atom is -0.494 e. The zero-order chi connectivity index (χ0) is 24.3. The van der Waals surface area contributed by atoms with Gasteiger partial charge in [-0.3, -0.25) is 9.69 Å². The normalized spacial score (nSPS) is 16.1. The lowest BCUT2D eigenvalue weighted by Gasteiger charge is -2.23. The van der Waals surface area contributed by atoms with Crippen molar-refractivity contribution in [1.82, 2.24) is 4.98 Å². The number of aromatic nitrogens is 1. The lowest BCUT2D eigenvalue weighted by atomic mass is 10.2. The fraction of sp³-hybridized carbons (Fsp3) is 0.417. The number of methoxy groups -OCH3 is 1. The molecule has 1 atom stereocenters. The number of carbonyl (C=O) groups is 1. The van der Waals surface area contributed by atoms with E-state index < -0.39 is 15.7 Å². The first-order valence-corrected chi connectivity index (χ1v) is 13.6. The number of halogens is 1. The zero-order valence-corrected chi connectivity index (χ0v) is 20.8. The molecular formula is C24H27FN2O5S2. The number of fused-ring (bicyclic) bond motifs is 1. The highest BCUT2D eigenvalue weighted by molar-refractivity contribution is 7.91. The van der Waals surface area contributed by atoms with Gasteiger partial charge in [-0.25, -0.2) is 17.8 Å². The molecule has 2 aromatic carbocycles. The Hall–Kier alpha value is -2.56. The zero-order valence-electron chi connectivity index (χ0n) is 19.1. The quantitative estimate of drug-likeness (QED) is 0.397. The molecule has 0 spiro atoms. The summed E-state index contributed by atoms with van der Waals surface area (Å²) in [6.45, 7) is 3.01. The van der Waals surface area contributed by atoms with Gasteiger partial charge in [-0.15, -0.1) is 0 Å². The molecule has 4 rings (SSSR count). The van der Waals surface area contributed by atoms with Crippen LogP contribution in [0.15, 0.2) is 41.3 Å². The van der Waals surface area contributed by atoms with Gasteiger partial charge in [0.2, 0.25) is 5.91 Å². The smallest absolute Gasteiger partial charge is 0.228 e. The average molecular weight is 507 g/mol. The van der Waals surface area contributed by atoms with Gasteiger partial charge in [0.25, 0.3) is 0 Å². The van der Waals surface area contributed by atoms with Crippen molar-refractivity contribution in [2.24, 2.45) is 0 Å². The molecule has 1 aliphatic heterocycles. The molecule has 0 aliphatic carbocycles. The third-order valence-corrected chi connectivity index (χ3v) is 8.86. The minimum atomic E-state index is -3.61. The number of sulfone groups is 1. The largest absolute Gasteiger partial charge is 0.494 e.